The summed E-state index contributed by atoms with van der Waals surface area (Å²) in [5, 5.41) is 8.72. The van der Waals surface area contributed by atoms with Gasteiger partial charge in [-0.1, -0.05) is 103 Å². The van der Waals surface area contributed by atoms with Crippen molar-refractivity contribution in [3.8, 4) is 0 Å². The first-order chi connectivity index (χ1) is 13.7. The monoisotopic (exact) mass is 398 g/mol. The third kappa shape index (κ3) is 21.4. The first-order valence-corrected chi connectivity index (χ1v) is 12.0. The van der Waals surface area contributed by atoms with Gasteiger partial charge in [0.05, 0.1) is 0 Å². The van der Waals surface area contributed by atoms with Crippen LogP contribution in [0.5, 0.6) is 0 Å². The fourth-order valence-electron chi connectivity index (χ4n) is 3.43. The van der Waals surface area contributed by atoms with Crippen LogP contribution in [-0.2, 0) is 14.3 Å². The zero-order chi connectivity index (χ0) is 20.7. The lowest BCUT2D eigenvalue weighted by Gasteiger charge is -2.04. The van der Waals surface area contributed by atoms with Crippen LogP contribution in [-0.4, -0.2) is 23.7 Å². The molecule has 0 amide bonds. The molecule has 0 aromatic carbocycles. The quantitative estimate of drug-likeness (QED) is 0.130. The summed E-state index contributed by atoms with van der Waals surface area (Å²) in [4.78, 5) is 23.0. The highest BCUT2D eigenvalue weighted by molar-refractivity contribution is 5.85. The maximum Gasteiger partial charge on any atom is 0.313 e. The van der Waals surface area contributed by atoms with Crippen molar-refractivity contribution in [3.05, 3.63) is 0 Å². The molecular weight excluding hydrogens is 352 g/mol. The van der Waals surface area contributed by atoms with Crippen LogP contribution in [0.15, 0.2) is 0 Å². The van der Waals surface area contributed by atoms with Crippen LogP contribution < -0.4 is 0 Å². The predicted octanol–water partition coefficient (Wildman–Crippen LogP) is 6.87. The molecule has 0 rings (SSSR count). The Hall–Kier alpha value is -0.900. The smallest absolute Gasteiger partial charge is 0.313 e. The van der Waals surface area contributed by atoms with Crippen LogP contribution in [0.4, 0.5) is 0 Å². The molecule has 0 heterocycles. The van der Waals surface area contributed by atoms with E-state index >= 15 is 0 Å². The Bertz CT molecular complexity index is 355. The summed E-state index contributed by atoms with van der Waals surface area (Å²) in [5.41, 5.74) is 0. The van der Waals surface area contributed by atoms with Crippen molar-refractivity contribution >= 4 is 11.9 Å². The maximum atomic E-state index is 11.6. The molecule has 0 bridgehead atoms. The number of rotatable bonds is 21. The summed E-state index contributed by atoms with van der Waals surface area (Å²) >= 11 is 0. The van der Waals surface area contributed by atoms with Gasteiger partial charge in [0.2, 0.25) is 0 Å². The fraction of sp³-hybridized carbons (Fsp3) is 0.917. The molecule has 0 aromatic heterocycles. The van der Waals surface area contributed by atoms with Crippen LogP contribution in [0.3, 0.4) is 0 Å². The Kier molecular flexibility index (Phi) is 21.7. The number of ether oxygens (including phenoxy) is 1. The minimum absolute atomic E-state index is 0.340. The summed E-state index contributed by atoms with van der Waals surface area (Å²) in [6, 6.07) is 0. The van der Waals surface area contributed by atoms with Crippen molar-refractivity contribution in [1.82, 2.24) is 0 Å². The molecule has 0 saturated carbocycles. The number of hydrogen-bond acceptors (Lipinski definition) is 4. The van der Waals surface area contributed by atoms with Crippen molar-refractivity contribution in [2.75, 3.05) is 6.61 Å². The van der Waals surface area contributed by atoms with Gasteiger partial charge in [-0.05, 0) is 19.3 Å². The summed E-state index contributed by atoms with van der Waals surface area (Å²) in [5.74, 6) is -0.713. The van der Waals surface area contributed by atoms with Crippen molar-refractivity contribution in [3.63, 3.8) is 0 Å². The average Bonchev–Trinajstić information content (AvgIpc) is 2.67. The molecular formula is C24H46O4. The summed E-state index contributed by atoms with van der Waals surface area (Å²) in [6.45, 7) is 2.43. The Morgan fingerprint density at radius 3 is 1.21 bits per heavy atom. The minimum Gasteiger partial charge on any atom is -0.396 e. The minimum atomic E-state index is -0.361. The third-order valence-corrected chi connectivity index (χ3v) is 5.25. The highest BCUT2D eigenvalue weighted by Crippen LogP contribution is 2.14. The number of hydrogen-bond donors (Lipinski definition) is 1. The molecule has 0 aromatic rings. The number of carbonyl (C=O) groups is 2. The molecule has 0 unspecified atom stereocenters. The molecule has 4 heteroatoms. The first kappa shape index (κ1) is 27.1. The molecule has 0 aliphatic rings. The number of carbonyl (C=O) groups excluding carboxylic acids is 2. The highest BCUT2D eigenvalue weighted by Gasteiger charge is 2.09. The van der Waals surface area contributed by atoms with Gasteiger partial charge in [-0.25, -0.2) is 0 Å². The topological polar surface area (TPSA) is 63.6 Å². The number of aliphatic hydroxyl groups excluding tert-OH is 1. The number of esters is 2. The van der Waals surface area contributed by atoms with E-state index in [1.54, 1.807) is 0 Å². The van der Waals surface area contributed by atoms with Gasteiger partial charge < -0.3 is 9.84 Å². The molecule has 0 aliphatic carbocycles. The molecule has 0 saturated heterocycles. The number of unbranched alkanes of at least 4 members (excludes halogenated alkanes) is 16. The molecule has 0 spiro atoms. The van der Waals surface area contributed by atoms with E-state index in [-0.39, 0.29) is 11.9 Å². The molecule has 0 atom stereocenters. The van der Waals surface area contributed by atoms with E-state index in [0.717, 1.165) is 38.5 Å². The zero-order valence-electron chi connectivity index (χ0n) is 18.5. The zero-order valence-corrected chi connectivity index (χ0v) is 18.5. The largest absolute Gasteiger partial charge is 0.396 e. The van der Waals surface area contributed by atoms with E-state index in [1.165, 1.54) is 77.0 Å². The highest BCUT2D eigenvalue weighted by atomic mass is 16.6. The predicted molar refractivity (Wildman–Crippen MR) is 116 cm³/mol. The van der Waals surface area contributed by atoms with E-state index in [9.17, 15) is 9.59 Å². The second-order valence-corrected chi connectivity index (χ2v) is 8.08. The van der Waals surface area contributed by atoms with Gasteiger partial charge in [0.15, 0.2) is 0 Å². The van der Waals surface area contributed by atoms with E-state index in [4.69, 9.17) is 9.84 Å². The standard InChI is InChI=1S/C24H46O4/c1-2-3-17-20-23(26)28-24(27)21-18-15-13-11-9-7-5-4-6-8-10-12-14-16-19-22-25/h25H,2-22H2,1H3. The van der Waals surface area contributed by atoms with E-state index in [0.29, 0.717) is 19.4 Å². The molecule has 0 aliphatic heterocycles. The van der Waals surface area contributed by atoms with Crippen molar-refractivity contribution in [2.45, 2.75) is 135 Å². The lowest BCUT2D eigenvalue weighted by Crippen LogP contribution is -2.11. The average molecular weight is 399 g/mol. The second-order valence-electron chi connectivity index (χ2n) is 8.08. The Morgan fingerprint density at radius 1 is 0.536 bits per heavy atom. The SMILES string of the molecule is CCCCCC(=O)OC(=O)CCCCCCCCCCCCCCCCCO. The van der Waals surface area contributed by atoms with Crippen LogP contribution in [0.2, 0.25) is 0 Å². The van der Waals surface area contributed by atoms with Crippen LogP contribution >= 0.6 is 0 Å². The molecule has 0 radical (unpaired) electrons. The molecule has 28 heavy (non-hydrogen) atoms. The molecule has 1 N–H and O–H groups in total. The van der Waals surface area contributed by atoms with Crippen LogP contribution in [0.1, 0.15) is 135 Å². The third-order valence-electron chi connectivity index (χ3n) is 5.25. The van der Waals surface area contributed by atoms with Gasteiger partial charge in [0.1, 0.15) is 0 Å². The Morgan fingerprint density at radius 2 is 0.857 bits per heavy atom. The Labute approximate surface area is 173 Å². The summed E-state index contributed by atoms with van der Waals surface area (Å²) in [6.07, 6.45) is 22.0. The van der Waals surface area contributed by atoms with Gasteiger partial charge in [-0.3, -0.25) is 9.59 Å². The second kappa shape index (κ2) is 22.4. The molecule has 166 valence electrons. The Balaban J connectivity index is 3.21. The van der Waals surface area contributed by atoms with Gasteiger partial charge in [-0.2, -0.15) is 0 Å². The summed E-state index contributed by atoms with van der Waals surface area (Å²) < 4.78 is 4.83. The van der Waals surface area contributed by atoms with Gasteiger partial charge in [0.25, 0.3) is 0 Å². The normalized spacial score (nSPS) is 10.9. The maximum absolute atomic E-state index is 11.6. The molecule has 0 fully saturated rings. The van der Waals surface area contributed by atoms with E-state index < -0.39 is 0 Å². The van der Waals surface area contributed by atoms with Gasteiger partial charge in [0, 0.05) is 19.4 Å². The number of aliphatic hydroxyl groups is 1. The summed E-state index contributed by atoms with van der Waals surface area (Å²) in [7, 11) is 0. The van der Waals surface area contributed by atoms with Gasteiger partial charge in [-0.15, -0.1) is 0 Å². The van der Waals surface area contributed by atoms with Crippen LogP contribution in [0, 0.1) is 0 Å². The lowest BCUT2D eigenvalue weighted by atomic mass is 10.0. The van der Waals surface area contributed by atoms with Crippen molar-refractivity contribution in [2.24, 2.45) is 0 Å². The van der Waals surface area contributed by atoms with E-state index in [1.807, 2.05) is 0 Å². The van der Waals surface area contributed by atoms with Crippen molar-refractivity contribution < 1.29 is 19.4 Å². The fourth-order valence-corrected chi connectivity index (χ4v) is 3.43. The van der Waals surface area contributed by atoms with E-state index in [2.05, 4.69) is 6.92 Å². The van der Waals surface area contributed by atoms with Crippen LogP contribution in [0.25, 0.3) is 0 Å². The first-order valence-electron chi connectivity index (χ1n) is 12.0. The van der Waals surface area contributed by atoms with Gasteiger partial charge >= 0.3 is 11.9 Å². The lowest BCUT2D eigenvalue weighted by molar-refractivity contribution is -0.159. The molecule has 4 nitrogen and oxygen atoms in total. The van der Waals surface area contributed by atoms with Crippen molar-refractivity contribution in [1.29, 1.82) is 0 Å².